The van der Waals surface area contributed by atoms with E-state index in [9.17, 15) is 4.79 Å². The maximum atomic E-state index is 12.6. The zero-order chi connectivity index (χ0) is 16.1. The normalized spacial score (nSPS) is 19.9. The Hall–Kier alpha value is -2.55. The summed E-state index contributed by atoms with van der Waals surface area (Å²) in [4.78, 5) is 15.1. The lowest BCUT2D eigenvalue weighted by Gasteiger charge is -2.37. The number of para-hydroxylation sites is 1. The molecule has 0 radical (unpaired) electrons. The molecule has 3 heterocycles. The zero-order valence-corrected chi connectivity index (χ0v) is 13.6. The van der Waals surface area contributed by atoms with Gasteiger partial charge in [-0.2, -0.15) is 0 Å². The van der Waals surface area contributed by atoms with Crippen LogP contribution in [-0.2, 0) is 12.8 Å². The van der Waals surface area contributed by atoms with Crippen LogP contribution < -0.4 is 10.2 Å². The lowest BCUT2D eigenvalue weighted by Crippen LogP contribution is -2.34. The van der Waals surface area contributed by atoms with Gasteiger partial charge in [0, 0.05) is 30.0 Å². The molecule has 0 amide bonds. The minimum absolute atomic E-state index is 0.0959. The predicted molar refractivity (Wildman–Crippen MR) is 97.7 cm³/mol. The number of allylic oxidation sites excluding steroid dienone is 1. The van der Waals surface area contributed by atoms with Crippen molar-refractivity contribution in [2.45, 2.75) is 25.7 Å². The van der Waals surface area contributed by atoms with Gasteiger partial charge < -0.3 is 10.2 Å². The van der Waals surface area contributed by atoms with Gasteiger partial charge in [0.25, 0.3) is 0 Å². The van der Waals surface area contributed by atoms with Gasteiger partial charge >= 0.3 is 0 Å². The molecule has 0 unspecified atom stereocenters. The van der Waals surface area contributed by atoms with Crippen LogP contribution in [-0.4, -0.2) is 18.9 Å². The van der Waals surface area contributed by atoms with Gasteiger partial charge in [-0.25, -0.2) is 0 Å². The molecular formula is C21H20N2O. The van der Waals surface area contributed by atoms with Gasteiger partial charge in [-0.15, -0.1) is 0 Å². The monoisotopic (exact) mass is 316 g/mol. The van der Waals surface area contributed by atoms with Crippen LogP contribution in [0.15, 0.2) is 42.1 Å². The summed E-state index contributed by atoms with van der Waals surface area (Å²) in [7, 11) is 0. The standard InChI is InChI=1S/C21H20N2O/c24-21-17-7-1-2-8-18(17)22-19(21)13-14-11-15-5-3-9-23-10-4-6-16(12-14)20(15)23/h1-2,7-8,11-13,22H,3-6,9-10H2/b19-13-. The van der Waals surface area contributed by atoms with E-state index >= 15 is 0 Å². The first-order valence-electron chi connectivity index (χ1n) is 8.83. The number of ketones is 1. The number of rotatable bonds is 1. The Bertz CT molecular complexity index is 850. The summed E-state index contributed by atoms with van der Waals surface area (Å²) in [6.07, 6.45) is 6.78. The van der Waals surface area contributed by atoms with Gasteiger partial charge in [-0.05, 0) is 72.7 Å². The molecule has 0 fully saturated rings. The number of fused-ring (bicyclic) bond motifs is 1. The summed E-state index contributed by atoms with van der Waals surface area (Å²) < 4.78 is 0. The fraction of sp³-hybridized carbons (Fsp3) is 0.286. The van der Waals surface area contributed by atoms with Crippen molar-refractivity contribution in [1.29, 1.82) is 0 Å². The second kappa shape index (κ2) is 5.23. The average molecular weight is 316 g/mol. The third-order valence-corrected chi connectivity index (χ3v) is 5.35. The molecule has 0 aromatic heterocycles. The lowest BCUT2D eigenvalue weighted by molar-refractivity contribution is 0.104. The highest BCUT2D eigenvalue weighted by Crippen LogP contribution is 2.37. The van der Waals surface area contributed by atoms with Crippen LogP contribution >= 0.6 is 0 Å². The number of hydrogen-bond donors (Lipinski definition) is 1. The number of carbonyl (C=O) groups excluding carboxylic acids is 1. The van der Waals surface area contributed by atoms with Crippen molar-refractivity contribution in [1.82, 2.24) is 0 Å². The minimum Gasteiger partial charge on any atom is -0.371 e. The Kier molecular flexibility index (Phi) is 3.02. The van der Waals surface area contributed by atoms with Crippen LogP contribution in [0.3, 0.4) is 0 Å². The molecule has 3 aliphatic rings. The maximum Gasteiger partial charge on any atom is 0.211 e. The number of aryl methyl sites for hydroxylation is 2. The van der Waals surface area contributed by atoms with Gasteiger partial charge in [0.1, 0.15) is 0 Å². The van der Waals surface area contributed by atoms with Gasteiger partial charge in [0.15, 0.2) is 0 Å². The Morgan fingerprint density at radius 1 is 1.00 bits per heavy atom. The quantitative estimate of drug-likeness (QED) is 0.806. The number of hydrogen-bond acceptors (Lipinski definition) is 3. The topological polar surface area (TPSA) is 32.3 Å². The van der Waals surface area contributed by atoms with Crippen LogP contribution in [0.25, 0.3) is 6.08 Å². The van der Waals surface area contributed by atoms with Crippen molar-refractivity contribution < 1.29 is 4.79 Å². The Morgan fingerprint density at radius 2 is 1.71 bits per heavy atom. The smallest absolute Gasteiger partial charge is 0.211 e. The Labute approximate surface area is 142 Å². The molecule has 24 heavy (non-hydrogen) atoms. The predicted octanol–water partition coefficient (Wildman–Crippen LogP) is 4.03. The molecule has 0 bridgehead atoms. The molecule has 5 rings (SSSR count). The van der Waals surface area contributed by atoms with Crippen molar-refractivity contribution in [3.63, 3.8) is 0 Å². The number of anilines is 2. The van der Waals surface area contributed by atoms with Crippen molar-refractivity contribution in [2.24, 2.45) is 0 Å². The van der Waals surface area contributed by atoms with E-state index in [2.05, 4.69) is 22.3 Å². The zero-order valence-electron chi connectivity index (χ0n) is 13.6. The molecule has 120 valence electrons. The van der Waals surface area contributed by atoms with E-state index in [1.54, 1.807) is 0 Å². The summed E-state index contributed by atoms with van der Waals surface area (Å²) >= 11 is 0. The van der Waals surface area contributed by atoms with E-state index < -0.39 is 0 Å². The SMILES string of the molecule is O=C1/C(=C/c2cc3c4c(c2)CCCN4CCC3)Nc2ccccc21. The second-order valence-corrected chi connectivity index (χ2v) is 6.94. The number of nitrogens with zero attached hydrogens (tertiary/aromatic N) is 1. The average Bonchev–Trinajstić information content (AvgIpc) is 2.92. The second-order valence-electron chi connectivity index (χ2n) is 6.94. The molecule has 1 N–H and O–H groups in total. The van der Waals surface area contributed by atoms with E-state index in [1.165, 1.54) is 42.7 Å². The van der Waals surface area contributed by atoms with E-state index in [0.29, 0.717) is 5.70 Å². The number of nitrogens with one attached hydrogen (secondary N) is 1. The summed E-state index contributed by atoms with van der Waals surface area (Å²) in [6, 6.07) is 12.3. The first kappa shape index (κ1) is 13.8. The molecular weight excluding hydrogens is 296 g/mol. The Morgan fingerprint density at radius 3 is 2.42 bits per heavy atom. The van der Waals surface area contributed by atoms with Crippen LogP contribution in [0.4, 0.5) is 11.4 Å². The fourth-order valence-electron chi connectivity index (χ4n) is 4.32. The summed E-state index contributed by atoms with van der Waals surface area (Å²) in [5.74, 6) is 0.0959. The van der Waals surface area contributed by atoms with Gasteiger partial charge in [-0.1, -0.05) is 12.1 Å². The third kappa shape index (κ3) is 2.08. The summed E-state index contributed by atoms with van der Waals surface area (Å²) in [5.41, 5.74) is 7.90. The third-order valence-electron chi connectivity index (χ3n) is 5.35. The van der Waals surface area contributed by atoms with E-state index in [1.807, 2.05) is 30.3 Å². The summed E-state index contributed by atoms with van der Waals surface area (Å²) in [5, 5.41) is 3.27. The molecule has 3 heteroatoms. The molecule has 3 aliphatic heterocycles. The van der Waals surface area contributed by atoms with Gasteiger partial charge in [-0.3, -0.25) is 4.79 Å². The summed E-state index contributed by atoms with van der Waals surface area (Å²) in [6.45, 7) is 2.38. The molecule has 2 aromatic carbocycles. The highest BCUT2D eigenvalue weighted by atomic mass is 16.1. The lowest BCUT2D eigenvalue weighted by atomic mass is 9.90. The molecule has 0 saturated heterocycles. The van der Waals surface area contributed by atoms with Crippen LogP contribution in [0.2, 0.25) is 0 Å². The van der Waals surface area contributed by atoms with E-state index in [-0.39, 0.29) is 5.78 Å². The molecule has 3 nitrogen and oxygen atoms in total. The number of carbonyl (C=O) groups is 1. The highest BCUT2D eigenvalue weighted by molar-refractivity contribution is 6.20. The van der Waals surface area contributed by atoms with Crippen LogP contribution in [0, 0.1) is 0 Å². The first-order chi connectivity index (χ1) is 11.8. The van der Waals surface area contributed by atoms with Crippen molar-refractivity contribution in [2.75, 3.05) is 23.3 Å². The molecule has 0 saturated carbocycles. The van der Waals surface area contributed by atoms with E-state index in [0.717, 1.165) is 29.7 Å². The molecule has 0 atom stereocenters. The van der Waals surface area contributed by atoms with Crippen LogP contribution in [0.5, 0.6) is 0 Å². The molecule has 0 aliphatic carbocycles. The van der Waals surface area contributed by atoms with Crippen molar-refractivity contribution >= 4 is 23.2 Å². The molecule has 0 spiro atoms. The van der Waals surface area contributed by atoms with Gasteiger partial charge in [0.05, 0.1) is 5.70 Å². The number of Topliss-reactive ketones (excluding diaryl/α,β-unsaturated/α-hetero) is 1. The van der Waals surface area contributed by atoms with E-state index in [4.69, 9.17) is 0 Å². The maximum absolute atomic E-state index is 12.6. The van der Waals surface area contributed by atoms with Crippen molar-refractivity contribution in [3.05, 3.63) is 64.3 Å². The molecule has 2 aromatic rings. The fourth-order valence-corrected chi connectivity index (χ4v) is 4.32. The largest absolute Gasteiger partial charge is 0.371 e. The highest BCUT2D eigenvalue weighted by Gasteiger charge is 2.26. The Balaban J connectivity index is 1.56. The minimum atomic E-state index is 0.0959. The number of benzene rings is 2. The van der Waals surface area contributed by atoms with Crippen LogP contribution in [0.1, 0.15) is 39.9 Å². The van der Waals surface area contributed by atoms with Gasteiger partial charge in [0.2, 0.25) is 5.78 Å². The van der Waals surface area contributed by atoms with Crippen molar-refractivity contribution in [3.8, 4) is 0 Å². The first-order valence-corrected chi connectivity index (χ1v) is 8.83.